The Morgan fingerprint density at radius 2 is 2.00 bits per heavy atom. The number of anilines is 1. The van der Waals surface area contributed by atoms with Crippen molar-refractivity contribution < 1.29 is 4.79 Å². The standard InChI is InChI=1S/C6H6ClN3O.C2H6/c1-8-5-3-9-4(2-10-5)6(7)11;1-2/h2-3H,1H3,(H,8,10);1-2H3. The van der Waals surface area contributed by atoms with E-state index in [1.807, 2.05) is 13.8 Å². The van der Waals surface area contributed by atoms with E-state index in [1.165, 1.54) is 12.4 Å². The second kappa shape index (κ2) is 6.37. The topological polar surface area (TPSA) is 54.9 Å². The molecule has 0 amide bonds. The van der Waals surface area contributed by atoms with Gasteiger partial charge in [-0.1, -0.05) is 13.8 Å². The lowest BCUT2D eigenvalue weighted by atomic mass is 10.5. The van der Waals surface area contributed by atoms with E-state index in [0.717, 1.165) is 0 Å². The Kier molecular flexibility index (Phi) is 5.80. The Balaban J connectivity index is 0.000000671. The van der Waals surface area contributed by atoms with Gasteiger partial charge < -0.3 is 5.32 Å². The maximum Gasteiger partial charge on any atom is 0.272 e. The van der Waals surface area contributed by atoms with Crippen LogP contribution in [0.1, 0.15) is 24.3 Å². The van der Waals surface area contributed by atoms with Gasteiger partial charge in [-0.05, 0) is 11.6 Å². The number of carbonyl (C=O) groups excluding carboxylic acids is 1. The lowest BCUT2D eigenvalue weighted by Crippen LogP contribution is -1.98. The molecule has 4 nitrogen and oxygen atoms in total. The first kappa shape index (κ1) is 11.8. The maximum absolute atomic E-state index is 10.5. The molecule has 0 spiro atoms. The van der Waals surface area contributed by atoms with Crippen LogP contribution < -0.4 is 5.32 Å². The molecule has 0 saturated carbocycles. The lowest BCUT2D eigenvalue weighted by Gasteiger charge is -1.96. The first-order valence-corrected chi connectivity index (χ1v) is 4.31. The first-order valence-electron chi connectivity index (χ1n) is 3.93. The predicted octanol–water partition coefficient (Wildman–Crippen LogP) is 1.92. The van der Waals surface area contributed by atoms with Crippen molar-refractivity contribution >= 4 is 22.7 Å². The van der Waals surface area contributed by atoms with E-state index in [-0.39, 0.29) is 5.69 Å². The minimum absolute atomic E-state index is 0.158. The number of nitrogens with one attached hydrogen (secondary N) is 1. The van der Waals surface area contributed by atoms with Gasteiger partial charge in [-0.25, -0.2) is 9.97 Å². The molecule has 13 heavy (non-hydrogen) atoms. The van der Waals surface area contributed by atoms with E-state index in [9.17, 15) is 4.79 Å². The minimum atomic E-state index is -0.597. The van der Waals surface area contributed by atoms with Gasteiger partial charge in [0.05, 0.1) is 12.4 Å². The zero-order valence-corrected chi connectivity index (χ0v) is 8.59. The van der Waals surface area contributed by atoms with E-state index in [4.69, 9.17) is 11.6 Å². The summed E-state index contributed by atoms with van der Waals surface area (Å²) < 4.78 is 0. The quantitative estimate of drug-likeness (QED) is 0.743. The highest BCUT2D eigenvalue weighted by atomic mass is 35.5. The van der Waals surface area contributed by atoms with Crippen LogP contribution in [-0.2, 0) is 0 Å². The average Bonchev–Trinajstić information content (AvgIpc) is 2.21. The summed E-state index contributed by atoms with van der Waals surface area (Å²) in [6.07, 6.45) is 2.76. The molecule has 0 fully saturated rings. The molecule has 1 N–H and O–H groups in total. The van der Waals surface area contributed by atoms with Gasteiger partial charge in [0.15, 0.2) is 0 Å². The summed E-state index contributed by atoms with van der Waals surface area (Å²) in [5.74, 6) is 0.603. The number of hydrogen-bond donors (Lipinski definition) is 1. The fraction of sp³-hybridized carbons (Fsp3) is 0.375. The molecular formula is C8H12ClN3O. The molecule has 1 aromatic heterocycles. The van der Waals surface area contributed by atoms with Gasteiger partial charge in [0.1, 0.15) is 11.5 Å². The molecule has 0 aliphatic heterocycles. The molecular weight excluding hydrogens is 190 g/mol. The summed E-state index contributed by atoms with van der Waals surface area (Å²) in [4.78, 5) is 18.1. The molecule has 0 aliphatic carbocycles. The van der Waals surface area contributed by atoms with Crippen LogP contribution in [0.3, 0.4) is 0 Å². The van der Waals surface area contributed by atoms with Crippen molar-refractivity contribution in [2.24, 2.45) is 0 Å². The van der Waals surface area contributed by atoms with Gasteiger partial charge in [-0.2, -0.15) is 0 Å². The van der Waals surface area contributed by atoms with Crippen molar-refractivity contribution in [3.05, 3.63) is 18.1 Å². The molecule has 0 aromatic carbocycles. The molecule has 5 heteroatoms. The second-order valence-corrected chi connectivity index (χ2v) is 2.15. The van der Waals surface area contributed by atoms with Crippen molar-refractivity contribution in [2.75, 3.05) is 12.4 Å². The van der Waals surface area contributed by atoms with Crippen LogP contribution in [0.5, 0.6) is 0 Å². The smallest absolute Gasteiger partial charge is 0.272 e. The largest absolute Gasteiger partial charge is 0.372 e. The maximum atomic E-state index is 10.5. The Hall–Kier alpha value is -1.16. The molecule has 1 aromatic rings. The van der Waals surface area contributed by atoms with E-state index < -0.39 is 5.24 Å². The minimum Gasteiger partial charge on any atom is -0.372 e. The summed E-state index contributed by atoms with van der Waals surface area (Å²) >= 11 is 5.14. The molecule has 0 aliphatic rings. The van der Waals surface area contributed by atoms with Gasteiger partial charge in [0.25, 0.3) is 5.24 Å². The number of hydrogen-bond acceptors (Lipinski definition) is 4. The highest BCUT2D eigenvalue weighted by Crippen LogP contribution is 2.01. The number of halogens is 1. The fourth-order valence-corrected chi connectivity index (χ4v) is 0.656. The normalized spacial score (nSPS) is 8.31. The lowest BCUT2D eigenvalue weighted by molar-refractivity contribution is 0.107. The van der Waals surface area contributed by atoms with E-state index in [2.05, 4.69) is 15.3 Å². The molecule has 1 rings (SSSR count). The van der Waals surface area contributed by atoms with E-state index in [0.29, 0.717) is 5.82 Å². The Morgan fingerprint density at radius 1 is 1.38 bits per heavy atom. The summed E-state index contributed by atoms with van der Waals surface area (Å²) in [6, 6.07) is 0. The molecule has 0 radical (unpaired) electrons. The number of aromatic nitrogens is 2. The predicted molar refractivity (Wildman–Crippen MR) is 53.1 cm³/mol. The zero-order chi connectivity index (χ0) is 10.3. The average molecular weight is 202 g/mol. The Bertz CT molecular complexity index is 261. The van der Waals surface area contributed by atoms with Crippen LogP contribution in [-0.4, -0.2) is 22.3 Å². The van der Waals surface area contributed by atoms with Crippen molar-refractivity contribution in [1.29, 1.82) is 0 Å². The van der Waals surface area contributed by atoms with Gasteiger partial charge in [0.2, 0.25) is 0 Å². The SMILES string of the molecule is CC.CNc1cnc(C(=O)Cl)cn1. The molecule has 0 saturated heterocycles. The number of nitrogens with zero attached hydrogens (tertiary/aromatic N) is 2. The summed E-state index contributed by atoms with van der Waals surface area (Å²) in [5, 5.41) is 2.17. The zero-order valence-electron chi connectivity index (χ0n) is 7.84. The van der Waals surface area contributed by atoms with Crippen LogP contribution in [0.15, 0.2) is 12.4 Å². The monoisotopic (exact) mass is 201 g/mol. The highest BCUT2D eigenvalue weighted by Gasteiger charge is 2.02. The van der Waals surface area contributed by atoms with Crippen molar-refractivity contribution in [2.45, 2.75) is 13.8 Å². The summed E-state index contributed by atoms with van der Waals surface area (Å²) in [5.41, 5.74) is 0.158. The molecule has 1 heterocycles. The summed E-state index contributed by atoms with van der Waals surface area (Å²) in [7, 11) is 1.71. The fourth-order valence-electron chi connectivity index (χ4n) is 0.559. The third-order valence-electron chi connectivity index (χ3n) is 1.11. The molecule has 72 valence electrons. The van der Waals surface area contributed by atoms with Gasteiger partial charge in [-0.3, -0.25) is 4.79 Å². The van der Waals surface area contributed by atoms with Crippen LogP contribution in [0.4, 0.5) is 5.82 Å². The molecule has 0 unspecified atom stereocenters. The molecule has 0 atom stereocenters. The van der Waals surface area contributed by atoms with Crippen molar-refractivity contribution in [3.63, 3.8) is 0 Å². The van der Waals surface area contributed by atoms with Crippen LogP contribution >= 0.6 is 11.6 Å². The van der Waals surface area contributed by atoms with Gasteiger partial charge in [-0.15, -0.1) is 0 Å². The van der Waals surface area contributed by atoms with Gasteiger partial charge >= 0.3 is 0 Å². The van der Waals surface area contributed by atoms with Crippen LogP contribution in [0.2, 0.25) is 0 Å². The van der Waals surface area contributed by atoms with E-state index in [1.54, 1.807) is 7.05 Å². The van der Waals surface area contributed by atoms with Gasteiger partial charge in [0, 0.05) is 7.05 Å². The third-order valence-corrected chi connectivity index (χ3v) is 1.30. The van der Waals surface area contributed by atoms with Crippen LogP contribution in [0, 0.1) is 0 Å². The third kappa shape index (κ3) is 3.85. The second-order valence-electron chi connectivity index (χ2n) is 1.81. The number of carbonyl (C=O) groups is 1. The first-order chi connectivity index (χ1) is 6.24. The Labute approximate surface area is 82.4 Å². The Morgan fingerprint density at radius 3 is 2.31 bits per heavy atom. The van der Waals surface area contributed by atoms with Crippen LogP contribution in [0.25, 0.3) is 0 Å². The van der Waals surface area contributed by atoms with Crippen molar-refractivity contribution in [1.82, 2.24) is 9.97 Å². The number of rotatable bonds is 2. The van der Waals surface area contributed by atoms with Crippen molar-refractivity contribution in [3.8, 4) is 0 Å². The molecule has 0 bridgehead atoms. The summed E-state index contributed by atoms with van der Waals surface area (Å²) in [6.45, 7) is 4.00. The van der Waals surface area contributed by atoms with E-state index >= 15 is 0 Å². The highest BCUT2D eigenvalue weighted by molar-refractivity contribution is 6.67.